The van der Waals surface area contributed by atoms with E-state index >= 15 is 0 Å². The minimum Gasteiger partial charge on any atom is -0.333 e. The van der Waals surface area contributed by atoms with Gasteiger partial charge in [-0.15, -0.1) is 0 Å². The summed E-state index contributed by atoms with van der Waals surface area (Å²) in [6.07, 6.45) is 14.9. The standard InChI is InChI=1S/C15H23N5/c1-2-7-20-11-13(10-18-20)9-17-14-4-3-5-15(14)19-8-6-16-12-19/h6,8,10-12,14-15,17H,2-5,7,9H2,1H3. The Bertz CT molecular complexity index is 516. The van der Waals surface area contributed by atoms with Crippen LogP contribution in [-0.4, -0.2) is 25.4 Å². The molecule has 20 heavy (non-hydrogen) atoms. The van der Waals surface area contributed by atoms with Crippen molar-refractivity contribution in [2.24, 2.45) is 0 Å². The van der Waals surface area contributed by atoms with Gasteiger partial charge in [-0.2, -0.15) is 5.10 Å². The van der Waals surface area contributed by atoms with Crippen LogP contribution in [0.4, 0.5) is 0 Å². The minimum atomic E-state index is 0.540. The van der Waals surface area contributed by atoms with Crippen LogP contribution in [0.25, 0.3) is 0 Å². The van der Waals surface area contributed by atoms with Gasteiger partial charge < -0.3 is 9.88 Å². The summed E-state index contributed by atoms with van der Waals surface area (Å²) >= 11 is 0. The topological polar surface area (TPSA) is 47.7 Å². The third kappa shape index (κ3) is 2.93. The van der Waals surface area contributed by atoms with Crippen molar-refractivity contribution < 1.29 is 0 Å². The molecule has 1 N–H and O–H groups in total. The third-order valence-corrected chi connectivity index (χ3v) is 4.10. The van der Waals surface area contributed by atoms with Gasteiger partial charge in [0.05, 0.1) is 12.5 Å². The van der Waals surface area contributed by atoms with Crippen LogP contribution in [0, 0.1) is 0 Å². The zero-order chi connectivity index (χ0) is 13.8. The Morgan fingerprint density at radius 1 is 1.40 bits per heavy atom. The van der Waals surface area contributed by atoms with Crippen LogP contribution in [-0.2, 0) is 13.1 Å². The number of hydrogen-bond acceptors (Lipinski definition) is 3. The zero-order valence-corrected chi connectivity index (χ0v) is 12.1. The van der Waals surface area contributed by atoms with Crippen molar-refractivity contribution in [3.8, 4) is 0 Å². The Labute approximate surface area is 120 Å². The first kappa shape index (κ1) is 13.4. The average molecular weight is 273 g/mol. The lowest BCUT2D eigenvalue weighted by Gasteiger charge is -2.21. The molecule has 5 nitrogen and oxygen atoms in total. The molecule has 2 unspecified atom stereocenters. The summed E-state index contributed by atoms with van der Waals surface area (Å²) in [5.41, 5.74) is 1.27. The summed E-state index contributed by atoms with van der Waals surface area (Å²) < 4.78 is 4.27. The van der Waals surface area contributed by atoms with E-state index in [1.165, 1.54) is 24.8 Å². The van der Waals surface area contributed by atoms with E-state index in [1.807, 2.05) is 23.4 Å². The summed E-state index contributed by atoms with van der Waals surface area (Å²) in [7, 11) is 0. The van der Waals surface area contributed by atoms with Gasteiger partial charge in [0.2, 0.25) is 0 Å². The SMILES string of the molecule is CCCn1cc(CNC2CCCC2n2ccnc2)cn1. The highest BCUT2D eigenvalue weighted by Crippen LogP contribution is 2.30. The van der Waals surface area contributed by atoms with Gasteiger partial charge in [0.15, 0.2) is 0 Å². The highest BCUT2D eigenvalue weighted by molar-refractivity contribution is 5.04. The van der Waals surface area contributed by atoms with E-state index in [9.17, 15) is 0 Å². The van der Waals surface area contributed by atoms with Gasteiger partial charge >= 0.3 is 0 Å². The van der Waals surface area contributed by atoms with Crippen molar-refractivity contribution in [3.63, 3.8) is 0 Å². The van der Waals surface area contributed by atoms with E-state index in [-0.39, 0.29) is 0 Å². The highest BCUT2D eigenvalue weighted by Gasteiger charge is 2.27. The van der Waals surface area contributed by atoms with E-state index in [0.717, 1.165) is 19.5 Å². The van der Waals surface area contributed by atoms with Gasteiger partial charge in [-0.25, -0.2) is 4.98 Å². The van der Waals surface area contributed by atoms with Crippen LogP contribution < -0.4 is 5.32 Å². The lowest BCUT2D eigenvalue weighted by molar-refractivity contribution is 0.390. The van der Waals surface area contributed by atoms with Crippen molar-refractivity contribution in [3.05, 3.63) is 36.7 Å². The molecule has 1 aliphatic carbocycles. The summed E-state index contributed by atoms with van der Waals surface area (Å²) in [5, 5.41) is 8.07. The molecule has 108 valence electrons. The number of imidazole rings is 1. The van der Waals surface area contributed by atoms with Gasteiger partial charge in [-0.1, -0.05) is 6.92 Å². The van der Waals surface area contributed by atoms with Crippen molar-refractivity contribution in [1.29, 1.82) is 0 Å². The number of rotatable bonds is 6. The van der Waals surface area contributed by atoms with Gasteiger partial charge in [0.25, 0.3) is 0 Å². The number of nitrogens with one attached hydrogen (secondary N) is 1. The van der Waals surface area contributed by atoms with Crippen LogP contribution in [0.15, 0.2) is 31.1 Å². The lowest BCUT2D eigenvalue weighted by Crippen LogP contribution is -2.33. The predicted octanol–water partition coefficient (Wildman–Crippen LogP) is 2.37. The number of hydrogen-bond donors (Lipinski definition) is 1. The second-order valence-corrected chi connectivity index (χ2v) is 5.61. The van der Waals surface area contributed by atoms with Crippen LogP contribution in [0.2, 0.25) is 0 Å². The fourth-order valence-electron chi connectivity index (χ4n) is 3.10. The first-order chi connectivity index (χ1) is 9.86. The summed E-state index contributed by atoms with van der Waals surface area (Å²) in [5.74, 6) is 0. The Morgan fingerprint density at radius 3 is 3.15 bits per heavy atom. The number of aromatic nitrogens is 4. The quantitative estimate of drug-likeness (QED) is 0.879. The van der Waals surface area contributed by atoms with Crippen molar-refractivity contribution in [1.82, 2.24) is 24.6 Å². The van der Waals surface area contributed by atoms with Crippen LogP contribution in [0.3, 0.4) is 0 Å². The van der Waals surface area contributed by atoms with E-state index in [4.69, 9.17) is 0 Å². The first-order valence-electron chi connectivity index (χ1n) is 7.59. The fourth-order valence-corrected chi connectivity index (χ4v) is 3.10. The van der Waals surface area contributed by atoms with E-state index in [0.29, 0.717) is 12.1 Å². The van der Waals surface area contributed by atoms with Crippen molar-refractivity contribution in [2.75, 3.05) is 0 Å². The molecule has 5 heteroatoms. The van der Waals surface area contributed by atoms with E-state index < -0.39 is 0 Å². The largest absolute Gasteiger partial charge is 0.333 e. The minimum absolute atomic E-state index is 0.540. The maximum atomic E-state index is 4.38. The van der Waals surface area contributed by atoms with Crippen LogP contribution >= 0.6 is 0 Å². The molecule has 1 fully saturated rings. The number of nitrogens with zero attached hydrogens (tertiary/aromatic N) is 4. The molecule has 0 spiro atoms. The van der Waals surface area contributed by atoms with E-state index in [2.05, 4.69) is 39.3 Å². The normalized spacial score (nSPS) is 22.4. The van der Waals surface area contributed by atoms with E-state index in [1.54, 1.807) is 0 Å². The molecule has 2 heterocycles. The van der Waals surface area contributed by atoms with Gasteiger partial charge in [0, 0.05) is 49.3 Å². The molecule has 2 aromatic heterocycles. The Balaban J connectivity index is 1.57. The second-order valence-electron chi connectivity index (χ2n) is 5.61. The Kier molecular flexibility index (Phi) is 4.16. The summed E-state index contributed by atoms with van der Waals surface area (Å²) in [6, 6.07) is 1.09. The molecule has 0 aliphatic heterocycles. The molecular formula is C15H23N5. The maximum Gasteiger partial charge on any atom is 0.0949 e. The van der Waals surface area contributed by atoms with Gasteiger partial charge in [0.1, 0.15) is 0 Å². The fraction of sp³-hybridized carbons (Fsp3) is 0.600. The van der Waals surface area contributed by atoms with Gasteiger partial charge in [-0.05, 0) is 25.7 Å². The molecule has 0 bridgehead atoms. The van der Waals surface area contributed by atoms with Crippen molar-refractivity contribution >= 4 is 0 Å². The molecule has 2 atom stereocenters. The molecule has 1 aliphatic rings. The van der Waals surface area contributed by atoms with Crippen LogP contribution in [0.1, 0.15) is 44.2 Å². The smallest absolute Gasteiger partial charge is 0.0949 e. The first-order valence-corrected chi connectivity index (χ1v) is 7.59. The third-order valence-electron chi connectivity index (χ3n) is 4.10. The summed E-state index contributed by atoms with van der Waals surface area (Å²) in [6.45, 7) is 4.08. The molecule has 0 aromatic carbocycles. The summed E-state index contributed by atoms with van der Waals surface area (Å²) in [4.78, 5) is 4.17. The molecule has 0 radical (unpaired) electrons. The van der Waals surface area contributed by atoms with Crippen molar-refractivity contribution in [2.45, 2.75) is 57.8 Å². The predicted molar refractivity (Wildman–Crippen MR) is 78.3 cm³/mol. The Hall–Kier alpha value is -1.62. The molecule has 0 saturated heterocycles. The molecule has 3 rings (SSSR count). The molecule has 2 aromatic rings. The monoisotopic (exact) mass is 273 g/mol. The van der Waals surface area contributed by atoms with Gasteiger partial charge in [-0.3, -0.25) is 4.68 Å². The zero-order valence-electron chi connectivity index (χ0n) is 12.1. The maximum absolute atomic E-state index is 4.38. The number of aryl methyl sites for hydroxylation is 1. The molecular weight excluding hydrogens is 250 g/mol. The lowest BCUT2D eigenvalue weighted by atomic mass is 10.1. The molecule has 0 amide bonds. The highest BCUT2D eigenvalue weighted by atomic mass is 15.3. The average Bonchev–Trinajstić information content (AvgIpc) is 3.18. The molecule has 1 saturated carbocycles. The Morgan fingerprint density at radius 2 is 2.35 bits per heavy atom. The second kappa shape index (κ2) is 6.22. The van der Waals surface area contributed by atoms with Crippen LogP contribution in [0.5, 0.6) is 0 Å².